The zero-order valence-electron chi connectivity index (χ0n) is 22.3. The lowest BCUT2D eigenvalue weighted by Gasteiger charge is -2.24. The highest BCUT2D eigenvalue weighted by Gasteiger charge is 2.47. The quantitative estimate of drug-likeness (QED) is 0.0821. The third kappa shape index (κ3) is 8.17. The molecule has 3 rings (SSSR count). The van der Waals surface area contributed by atoms with E-state index in [4.69, 9.17) is 11.2 Å². The molecule has 6 nitrogen and oxygen atoms in total. The van der Waals surface area contributed by atoms with Crippen molar-refractivity contribution in [2.45, 2.75) is 95.7 Å². The lowest BCUT2D eigenvalue weighted by Crippen LogP contribution is -2.37. The first-order valence-electron chi connectivity index (χ1n) is 13.7. The van der Waals surface area contributed by atoms with E-state index in [9.17, 15) is 14.3 Å². The fourth-order valence-electron chi connectivity index (χ4n) is 5.14. The second-order valence-electron chi connectivity index (χ2n) is 10.2. The summed E-state index contributed by atoms with van der Waals surface area (Å²) in [6.07, 6.45) is 19.8. The predicted molar refractivity (Wildman–Crippen MR) is 155 cm³/mol. The van der Waals surface area contributed by atoms with Crippen molar-refractivity contribution < 1.29 is 19.0 Å². The number of terminal acetylenes is 1. The molecule has 1 amide bonds. The van der Waals surface area contributed by atoms with Gasteiger partial charge in [-0.05, 0) is 49.7 Å². The molecule has 0 spiro atoms. The number of amides is 1. The molecule has 0 bridgehead atoms. The van der Waals surface area contributed by atoms with Gasteiger partial charge in [-0.3, -0.25) is 9.79 Å². The van der Waals surface area contributed by atoms with Crippen LogP contribution in [0, 0.1) is 29.4 Å². The fourth-order valence-corrected chi connectivity index (χ4v) is 5.68. The van der Waals surface area contributed by atoms with Crippen LogP contribution in [0.5, 0.6) is 0 Å². The molecule has 0 radical (unpaired) electrons. The summed E-state index contributed by atoms with van der Waals surface area (Å²) in [6, 6.07) is 0. The predicted octanol–water partition coefficient (Wildman–Crippen LogP) is 5.37. The molecular formula is C30H40FN3O3S. The van der Waals surface area contributed by atoms with Crippen LogP contribution in [-0.4, -0.2) is 47.2 Å². The van der Waals surface area contributed by atoms with Crippen LogP contribution in [-0.2, 0) is 9.53 Å². The molecule has 0 aromatic rings. The Morgan fingerprint density at radius 1 is 1.37 bits per heavy atom. The van der Waals surface area contributed by atoms with E-state index < -0.39 is 11.6 Å². The van der Waals surface area contributed by atoms with Crippen LogP contribution >= 0.6 is 10.8 Å². The van der Waals surface area contributed by atoms with Crippen molar-refractivity contribution in [3.8, 4) is 17.5 Å². The largest absolute Gasteiger partial charge is 0.392 e. The zero-order valence-corrected chi connectivity index (χ0v) is 23.2. The maximum absolute atomic E-state index is 14.2. The number of aliphatic hydroxyl groups is 1. The topological polar surface area (TPSA) is 83.3 Å². The van der Waals surface area contributed by atoms with Crippen LogP contribution in [0.15, 0.2) is 39.0 Å². The van der Waals surface area contributed by atoms with Gasteiger partial charge >= 0.3 is 0 Å². The minimum Gasteiger partial charge on any atom is -0.392 e. The number of nitrogens with zero attached hydrogens (tertiary/aromatic N) is 2. The third-order valence-corrected chi connectivity index (χ3v) is 7.79. The van der Waals surface area contributed by atoms with Gasteiger partial charge in [-0.1, -0.05) is 68.2 Å². The summed E-state index contributed by atoms with van der Waals surface area (Å²) >= 11 is 0. The summed E-state index contributed by atoms with van der Waals surface area (Å²) < 4.78 is 20.4. The molecule has 8 heteroatoms. The maximum Gasteiger partial charge on any atom is 0.258 e. The molecule has 1 unspecified atom stereocenters. The zero-order chi connectivity index (χ0) is 27.4. The first kappa shape index (κ1) is 29.9. The minimum atomic E-state index is -1.07. The first-order chi connectivity index (χ1) is 18.4. The Morgan fingerprint density at radius 3 is 2.84 bits per heavy atom. The van der Waals surface area contributed by atoms with Crippen LogP contribution in [0.4, 0.5) is 4.39 Å². The van der Waals surface area contributed by atoms with Crippen molar-refractivity contribution in [2.75, 3.05) is 6.61 Å². The number of aliphatic imine (C=N–C) groups is 2. The van der Waals surface area contributed by atoms with Crippen molar-refractivity contribution >= 4 is 34.6 Å². The number of hydrogen-bond acceptors (Lipinski definition) is 5. The number of unbranched alkanes of at least 4 members (excludes halogenated alkanes) is 6. The van der Waals surface area contributed by atoms with Gasteiger partial charge in [0.05, 0.1) is 18.6 Å². The normalized spacial score (nSPS) is 26.4. The number of carbonyl (C=O) groups excluding carboxylic acids is 1. The number of halogens is 1. The van der Waals surface area contributed by atoms with Crippen LogP contribution in [0.25, 0.3) is 0 Å². The van der Waals surface area contributed by atoms with Gasteiger partial charge in [-0.2, -0.15) is 9.38 Å². The smallest absolute Gasteiger partial charge is 0.258 e. The maximum atomic E-state index is 14.2. The Morgan fingerprint density at radius 2 is 2.13 bits per heavy atom. The van der Waals surface area contributed by atoms with E-state index in [-0.39, 0.29) is 36.3 Å². The standard InChI is InChI=1S/C30H40FN3O3S/c1-4-6-7-8-9-10-11-12-27(36)34-29-28-23(15-16-26(31)33-29)14-13-22(19-32-28)17-25-18-24(20-38-3)30(5-2,21-35)37-25/h2,15,19,22,24-25,35,38H,3-4,6-14,17-18,21H2,1H3,(H,33,34,36)/t22?,24-,25+,30-/m1/s1. The highest BCUT2D eigenvalue weighted by Crippen LogP contribution is 2.39. The summed E-state index contributed by atoms with van der Waals surface area (Å²) in [5.41, 5.74) is 2.73. The summed E-state index contributed by atoms with van der Waals surface area (Å²) in [7, 11) is 0.722. The number of allylic oxidation sites excluding steroid dienone is 2. The molecule has 0 aromatic heterocycles. The van der Waals surface area contributed by atoms with Crippen LogP contribution in [0.2, 0.25) is 0 Å². The number of rotatable bonds is 11. The molecule has 1 saturated heterocycles. The van der Waals surface area contributed by atoms with E-state index in [1.165, 1.54) is 25.7 Å². The van der Waals surface area contributed by atoms with E-state index >= 15 is 0 Å². The number of thiol groups is 1. The molecule has 0 saturated carbocycles. The monoisotopic (exact) mass is 541 g/mol. The van der Waals surface area contributed by atoms with Gasteiger partial charge in [0.1, 0.15) is 5.70 Å². The Kier molecular flexibility index (Phi) is 11.9. The average molecular weight is 542 g/mol. The van der Waals surface area contributed by atoms with Gasteiger partial charge in [-0.15, -0.1) is 6.42 Å². The number of amidine groups is 1. The van der Waals surface area contributed by atoms with Crippen LogP contribution in [0.1, 0.15) is 84.0 Å². The minimum absolute atomic E-state index is 0.0732. The van der Waals surface area contributed by atoms with E-state index in [1.807, 2.05) is 6.21 Å². The molecule has 0 aromatic carbocycles. The van der Waals surface area contributed by atoms with E-state index in [0.29, 0.717) is 31.4 Å². The summed E-state index contributed by atoms with van der Waals surface area (Å²) in [5, 5.41) is 15.9. The molecule has 3 aliphatic heterocycles. The van der Waals surface area contributed by atoms with Gasteiger partial charge in [0.25, 0.3) is 5.95 Å². The highest BCUT2D eigenvalue weighted by molar-refractivity contribution is 7.86. The van der Waals surface area contributed by atoms with Gasteiger partial charge in [0.2, 0.25) is 5.91 Å². The molecule has 4 atom stereocenters. The Labute approximate surface area is 229 Å². The summed E-state index contributed by atoms with van der Waals surface area (Å²) in [4.78, 5) is 21.2. The summed E-state index contributed by atoms with van der Waals surface area (Å²) in [6.45, 7) is 1.92. The third-order valence-electron chi connectivity index (χ3n) is 7.30. The average Bonchev–Trinajstić information content (AvgIpc) is 3.02. The molecule has 2 N–H and O–H groups in total. The number of nitrogens with one attached hydrogen (secondary N) is 1. The van der Waals surface area contributed by atoms with Gasteiger partial charge in [0, 0.05) is 12.6 Å². The molecule has 0 aliphatic carbocycles. The number of aliphatic hydroxyl groups excluding tert-OH is 1. The van der Waals surface area contributed by atoms with Gasteiger partial charge in [-0.25, -0.2) is 10.8 Å². The number of ether oxygens (including phenoxy) is 1. The number of carbonyl (C=O) groups is 1. The molecule has 3 aliphatic rings. The molecule has 38 heavy (non-hydrogen) atoms. The van der Waals surface area contributed by atoms with Crippen molar-refractivity contribution in [1.29, 1.82) is 0 Å². The second-order valence-corrected chi connectivity index (χ2v) is 10.7. The van der Waals surface area contributed by atoms with Crippen LogP contribution in [0.3, 0.4) is 0 Å². The van der Waals surface area contributed by atoms with Crippen molar-refractivity contribution in [3.05, 3.63) is 29.0 Å². The Balaban J connectivity index is 1.61. The molecule has 3 heterocycles. The molecule has 206 valence electrons. The lowest BCUT2D eigenvalue weighted by atomic mass is 9.87. The van der Waals surface area contributed by atoms with Crippen LogP contribution < -0.4 is 5.32 Å². The first-order valence-corrected chi connectivity index (χ1v) is 14.8. The molecular weight excluding hydrogens is 501 g/mol. The molecule has 1 fully saturated rings. The van der Waals surface area contributed by atoms with Gasteiger partial charge in [0.15, 0.2) is 11.4 Å². The van der Waals surface area contributed by atoms with Crippen molar-refractivity contribution in [1.82, 2.24) is 5.32 Å². The Bertz CT molecular complexity index is 1170. The highest BCUT2D eigenvalue weighted by atomic mass is 32.1. The SMILES string of the molecule is C#C[C@]1(CO)O[C@@H](CC2C=NC3=C(C=C=C(F)N=C3NC(=O)CCCCCCCCC)CC2)C[C@@H]1C#[SH]=C. The van der Waals surface area contributed by atoms with Crippen molar-refractivity contribution in [2.24, 2.45) is 21.8 Å². The van der Waals surface area contributed by atoms with E-state index in [0.717, 1.165) is 42.0 Å². The van der Waals surface area contributed by atoms with E-state index in [2.05, 4.69) is 44.9 Å². The number of hydrogen-bond donors (Lipinski definition) is 3. The Hall–Kier alpha value is -2.65. The van der Waals surface area contributed by atoms with Crippen molar-refractivity contribution in [3.63, 3.8) is 0 Å². The summed E-state index contributed by atoms with van der Waals surface area (Å²) in [5.74, 6) is 5.47. The second kappa shape index (κ2) is 15.1. The fraction of sp³-hybridized carbons (Fsp3) is 0.600. The van der Waals surface area contributed by atoms with E-state index in [1.54, 1.807) is 6.08 Å². The lowest BCUT2D eigenvalue weighted by molar-refractivity contribution is -0.119. The van der Waals surface area contributed by atoms with Gasteiger partial charge < -0.3 is 15.2 Å².